The zero-order chi connectivity index (χ0) is 18.4. The zero-order valence-corrected chi connectivity index (χ0v) is 15.5. The summed E-state index contributed by atoms with van der Waals surface area (Å²) in [6, 6.07) is 8.23. The van der Waals surface area contributed by atoms with Crippen molar-refractivity contribution in [3.8, 4) is 0 Å². The molecule has 0 aliphatic carbocycles. The molecule has 0 saturated heterocycles. The van der Waals surface area contributed by atoms with Gasteiger partial charge in [0.1, 0.15) is 5.60 Å². The number of rotatable bonds is 7. The molecule has 0 unspecified atom stereocenters. The van der Waals surface area contributed by atoms with Crippen LogP contribution >= 0.6 is 0 Å². The third kappa shape index (κ3) is 7.79. The van der Waals surface area contributed by atoms with Gasteiger partial charge >= 0.3 is 6.09 Å². The first kappa shape index (κ1) is 20.4. The fourth-order valence-corrected chi connectivity index (χ4v) is 3.88. The Morgan fingerprint density at radius 3 is 2.38 bits per heavy atom. The first-order valence-corrected chi connectivity index (χ1v) is 9.57. The van der Waals surface area contributed by atoms with Gasteiger partial charge in [-0.05, 0) is 45.2 Å². The molecule has 1 aromatic rings. The number of nitrogens with one attached hydrogen (secondary N) is 1. The monoisotopic (exact) mass is 357 g/mol. The molecule has 0 radical (unpaired) electrons. The first-order chi connectivity index (χ1) is 11.0. The van der Waals surface area contributed by atoms with E-state index in [4.69, 9.17) is 4.74 Å². The van der Waals surface area contributed by atoms with E-state index in [-0.39, 0.29) is 29.5 Å². The molecule has 0 spiro atoms. The summed E-state index contributed by atoms with van der Waals surface area (Å²) in [5.41, 5.74) is -0.605. The lowest BCUT2D eigenvalue weighted by Crippen LogP contribution is -2.37. The minimum Gasteiger partial charge on any atom is -0.444 e. The van der Waals surface area contributed by atoms with E-state index in [2.05, 4.69) is 5.32 Å². The van der Waals surface area contributed by atoms with Crippen molar-refractivity contribution in [1.82, 2.24) is 5.32 Å². The Kier molecular flexibility index (Phi) is 7.23. The van der Waals surface area contributed by atoms with Gasteiger partial charge in [0, 0.05) is 6.54 Å². The number of aliphatic hydroxyl groups excluding tert-OH is 1. The summed E-state index contributed by atoms with van der Waals surface area (Å²) < 4.78 is 29.6. The number of hydrogen-bond donors (Lipinski definition) is 2. The van der Waals surface area contributed by atoms with Crippen molar-refractivity contribution in [3.05, 3.63) is 30.3 Å². The molecule has 1 aromatic carbocycles. The SMILES string of the molecule is C[C@@H](C[C@@H](O)CNC(=O)OC(C)(C)C)CS(=O)(=O)c1ccccc1. The zero-order valence-electron chi connectivity index (χ0n) is 14.7. The van der Waals surface area contributed by atoms with Crippen molar-refractivity contribution in [2.45, 2.75) is 50.7 Å². The average molecular weight is 357 g/mol. The van der Waals surface area contributed by atoms with E-state index in [0.29, 0.717) is 0 Å². The third-order valence-electron chi connectivity index (χ3n) is 3.16. The number of aliphatic hydroxyl groups is 1. The molecule has 24 heavy (non-hydrogen) atoms. The van der Waals surface area contributed by atoms with Crippen molar-refractivity contribution >= 4 is 15.9 Å². The Morgan fingerprint density at radius 2 is 1.83 bits per heavy atom. The van der Waals surface area contributed by atoms with Crippen LogP contribution in [0.15, 0.2) is 35.2 Å². The summed E-state index contributed by atoms with van der Waals surface area (Å²) in [6.45, 7) is 7.03. The molecule has 0 heterocycles. The van der Waals surface area contributed by atoms with Gasteiger partial charge in [0.2, 0.25) is 0 Å². The van der Waals surface area contributed by atoms with E-state index in [1.165, 1.54) is 0 Å². The average Bonchev–Trinajstić information content (AvgIpc) is 2.43. The van der Waals surface area contributed by atoms with E-state index in [1.54, 1.807) is 58.0 Å². The van der Waals surface area contributed by atoms with E-state index < -0.39 is 27.6 Å². The number of amides is 1. The topological polar surface area (TPSA) is 92.7 Å². The summed E-state index contributed by atoms with van der Waals surface area (Å²) in [5, 5.41) is 12.4. The van der Waals surface area contributed by atoms with Crippen LogP contribution in [0.4, 0.5) is 4.79 Å². The smallest absolute Gasteiger partial charge is 0.407 e. The van der Waals surface area contributed by atoms with Crippen molar-refractivity contribution in [3.63, 3.8) is 0 Å². The Morgan fingerprint density at radius 1 is 1.25 bits per heavy atom. The van der Waals surface area contributed by atoms with Crippen molar-refractivity contribution < 1.29 is 23.1 Å². The number of carbonyl (C=O) groups excluding carboxylic acids is 1. The van der Waals surface area contributed by atoms with Gasteiger partial charge in [-0.25, -0.2) is 13.2 Å². The molecule has 2 atom stereocenters. The lowest BCUT2D eigenvalue weighted by molar-refractivity contribution is 0.0482. The molecule has 0 aliphatic heterocycles. The second-order valence-electron chi connectivity index (χ2n) is 6.97. The number of hydrogen-bond acceptors (Lipinski definition) is 5. The van der Waals surface area contributed by atoms with Crippen LogP contribution in [-0.4, -0.2) is 43.6 Å². The Bertz CT molecular complexity index is 622. The van der Waals surface area contributed by atoms with E-state index in [0.717, 1.165) is 0 Å². The molecule has 0 aromatic heterocycles. The van der Waals surface area contributed by atoms with Crippen LogP contribution in [-0.2, 0) is 14.6 Å². The summed E-state index contributed by atoms with van der Waals surface area (Å²) in [5.74, 6) is -0.300. The second kappa shape index (κ2) is 8.48. The van der Waals surface area contributed by atoms with Crippen molar-refractivity contribution in [2.24, 2.45) is 5.92 Å². The number of sulfone groups is 1. The maximum Gasteiger partial charge on any atom is 0.407 e. The molecule has 0 aliphatic rings. The molecule has 0 saturated carbocycles. The molecule has 7 heteroatoms. The van der Waals surface area contributed by atoms with Gasteiger partial charge in [-0.1, -0.05) is 25.1 Å². The fraction of sp³-hybridized carbons (Fsp3) is 0.588. The summed E-state index contributed by atoms with van der Waals surface area (Å²) >= 11 is 0. The van der Waals surface area contributed by atoms with Gasteiger partial charge in [0.25, 0.3) is 0 Å². The number of carbonyl (C=O) groups is 1. The molecule has 1 amide bonds. The summed E-state index contributed by atoms with van der Waals surface area (Å²) in [7, 11) is -3.38. The van der Waals surface area contributed by atoms with Gasteiger partial charge in [-0.15, -0.1) is 0 Å². The van der Waals surface area contributed by atoms with Crippen molar-refractivity contribution in [2.75, 3.05) is 12.3 Å². The van der Waals surface area contributed by atoms with Crippen LogP contribution in [0.3, 0.4) is 0 Å². The molecule has 6 nitrogen and oxygen atoms in total. The first-order valence-electron chi connectivity index (χ1n) is 7.92. The van der Waals surface area contributed by atoms with Crippen LogP contribution in [0.5, 0.6) is 0 Å². The molecule has 0 bridgehead atoms. The fourth-order valence-electron chi connectivity index (χ4n) is 2.23. The van der Waals surface area contributed by atoms with E-state index in [1.807, 2.05) is 0 Å². The summed E-state index contributed by atoms with van der Waals surface area (Å²) in [6.07, 6.45) is -1.17. The highest BCUT2D eigenvalue weighted by Gasteiger charge is 2.21. The van der Waals surface area contributed by atoms with Gasteiger partial charge < -0.3 is 15.2 Å². The van der Waals surface area contributed by atoms with Gasteiger partial charge in [-0.2, -0.15) is 0 Å². The molecule has 2 N–H and O–H groups in total. The highest BCUT2D eigenvalue weighted by molar-refractivity contribution is 7.91. The van der Waals surface area contributed by atoms with Gasteiger partial charge in [0.05, 0.1) is 16.8 Å². The Labute approximate surface area is 144 Å². The van der Waals surface area contributed by atoms with E-state index in [9.17, 15) is 18.3 Å². The normalized spacial score (nSPS) is 14.7. The minimum atomic E-state index is -3.38. The standard InChI is InChI=1S/C17H27NO5S/c1-13(12-24(21,22)15-8-6-5-7-9-15)10-14(19)11-18-16(20)23-17(2,3)4/h5-9,13-14,19H,10-12H2,1-4H3,(H,18,20)/t13-,14+/m0/s1. The molecular formula is C17H27NO5S. The maximum atomic E-state index is 12.3. The molecule has 1 rings (SSSR count). The minimum absolute atomic E-state index is 0.0185. The van der Waals surface area contributed by atoms with Crippen molar-refractivity contribution in [1.29, 1.82) is 0 Å². The van der Waals surface area contributed by atoms with Crippen LogP contribution in [0.25, 0.3) is 0 Å². The van der Waals surface area contributed by atoms with Gasteiger partial charge in [-0.3, -0.25) is 0 Å². The Balaban J connectivity index is 2.44. The van der Waals surface area contributed by atoms with E-state index >= 15 is 0 Å². The third-order valence-corrected chi connectivity index (χ3v) is 5.16. The lowest BCUT2D eigenvalue weighted by atomic mass is 10.1. The largest absolute Gasteiger partial charge is 0.444 e. The second-order valence-corrected chi connectivity index (χ2v) is 9.01. The molecular weight excluding hydrogens is 330 g/mol. The quantitative estimate of drug-likeness (QED) is 0.781. The highest BCUT2D eigenvalue weighted by Crippen LogP contribution is 2.16. The number of benzene rings is 1. The predicted octanol–water partition coefficient (Wildman–Crippen LogP) is 2.37. The predicted molar refractivity (Wildman–Crippen MR) is 92.5 cm³/mol. The molecule has 0 fully saturated rings. The lowest BCUT2D eigenvalue weighted by Gasteiger charge is -2.21. The van der Waals surface area contributed by atoms with Crippen LogP contribution in [0.2, 0.25) is 0 Å². The Hall–Kier alpha value is -1.60. The highest BCUT2D eigenvalue weighted by atomic mass is 32.2. The van der Waals surface area contributed by atoms with Crippen LogP contribution in [0.1, 0.15) is 34.1 Å². The molecule has 136 valence electrons. The van der Waals surface area contributed by atoms with Gasteiger partial charge in [0.15, 0.2) is 9.84 Å². The number of ether oxygens (including phenoxy) is 1. The summed E-state index contributed by atoms with van der Waals surface area (Å²) in [4.78, 5) is 11.8. The van der Waals surface area contributed by atoms with Crippen LogP contribution in [0, 0.1) is 5.92 Å². The number of alkyl carbamates (subject to hydrolysis) is 1. The maximum absolute atomic E-state index is 12.3. The van der Waals surface area contributed by atoms with Crippen LogP contribution < -0.4 is 5.32 Å².